The van der Waals surface area contributed by atoms with Gasteiger partial charge in [0.2, 0.25) is 5.91 Å². The quantitative estimate of drug-likeness (QED) is 0.846. The molecule has 0 spiro atoms. The Kier molecular flexibility index (Phi) is 6.27. The van der Waals surface area contributed by atoms with Crippen LogP contribution < -0.4 is 15.1 Å². The highest BCUT2D eigenvalue weighted by Crippen LogP contribution is 2.24. The van der Waals surface area contributed by atoms with Crippen LogP contribution in [-0.2, 0) is 4.79 Å². The lowest BCUT2D eigenvalue weighted by Crippen LogP contribution is -2.38. The summed E-state index contributed by atoms with van der Waals surface area (Å²) in [6.45, 7) is 9.15. The molecular formula is C21H29N5O. The van der Waals surface area contributed by atoms with Crippen LogP contribution in [0.15, 0.2) is 42.9 Å². The van der Waals surface area contributed by atoms with Crippen LogP contribution in [0.4, 0.5) is 17.2 Å². The van der Waals surface area contributed by atoms with Crippen LogP contribution in [-0.4, -0.2) is 41.6 Å². The molecule has 1 aromatic heterocycles. The topological polar surface area (TPSA) is 61.4 Å². The molecule has 0 saturated carbocycles. The SMILES string of the molecule is CCN(c1ccc(NC(=O)C2CCN(c3cnccn3)CC2)cc1)C(C)C. The van der Waals surface area contributed by atoms with E-state index >= 15 is 0 Å². The van der Waals surface area contributed by atoms with Crippen molar-refractivity contribution in [2.75, 3.05) is 34.8 Å². The average molecular weight is 367 g/mol. The summed E-state index contributed by atoms with van der Waals surface area (Å²) in [4.78, 5) is 25.6. The third kappa shape index (κ3) is 4.76. The van der Waals surface area contributed by atoms with E-state index in [4.69, 9.17) is 0 Å². The van der Waals surface area contributed by atoms with Crippen molar-refractivity contribution in [1.29, 1.82) is 0 Å². The van der Waals surface area contributed by atoms with Gasteiger partial charge in [-0.25, -0.2) is 4.98 Å². The van der Waals surface area contributed by atoms with E-state index in [2.05, 4.69) is 58.0 Å². The lowest BCUT2D eigenvalue weighted by Gasteiger charge is -2.32. The van der Waals surface area contributed by atoms with Gasteiger partial charge in [-0.15, -0.1) is 0 Å². The number of carbonyl (C=O) groups is 1. The monoisotopic (exact) mass is 367 g/mol. The Hall–Kier alpha value is -2.63. The Morgan fingerprint density at radius 3 is 2.48 bits per heavy atom. The second-order valence-electron chi connectivity index (χ2n) is 7.24. The molecule has 1 saturated heterocycles. The van der Waals surface area contributed by atoms with E-state index in [9.17, 15) is 4.79 Å². The van der Waals surface area contributed by atoms with Crippen LogP contribution in [0.5, 0.6) is 0 Å². The van der Waals surface area contributed by atoms with Crippen molar-refractivity contribution in [3.05, 3.63) is 42.9 Å². The Bertz CT molecular complexity index is 724. The lowest BCUT2D eigenvalue weighted by molar-refractivity contribution is -0.120. The van der Waals surface area contributed by atoms with E-state index in [1.54, 1.807) is 18.6 Å². The van der Waals surface area contributed by atoms with Crippen molar-refractivity contribution in [3.8, 4) is 0 Å². The summed E-state index contributed by atoms with van der Waals surface area (Å²) >= 11 is 0. The normalized spacial score (nSPS) is 15.0. The van der Waals surface area contributed by atoms with E-state index in [1.165, 1.54) is 5.69 Å². The predicted molar refractivity (Wildman–Crippen MR) is 110 cm³/mol. The van der Waals surface area contributed by atoms with Gasteiger partial charge < -0.3 is 15.1 Å². The minimum atomic E-state index is 0.0420. The largest absolute Gasteiger partial charge is 0.369 e. The molecule has 1 aliphatic heterocycles. The number of benzene rings is 1. The number of piperidine rings is 1. The third-order valence-electron chi connectivity index (χ3n) is 5.17. The van der Waals surface area contributed by atoms with Gasteiger partial charge in [0.1, 0.15) is 5.82 Å². The number of carbonyl (C=O) groups excluding carboxylic acids is 1. The third-order valence-corrected chi connectivity index (χ3v) is 5.17. The zero-order valence-corrected chi connectivity index (χ0v) is 16.4. The van der Waals surface area contributed by atoms with Crippen LogP contribution in [0.25, 0.3) is 0 Å². The van der Waals surface area contributed by atoms with Gasteiger partial charge in [0, 0.05) is 55.4 Å². The highest BCUT2D eigenvalue weighted by atomic mass is 16.1. The van der Waals surface area contributed by atoms with E-state index in [1.807, 2.05) is 12.1 Å². The van der Waals surface area contributed by atoms with Gasteiger partial charge in [0.25, 0.3) is 0 Å². The summed E-state index contributed by atoms with van der Waals surface area (Å²) in [7, 11) is 0. The zero-order valence-electron chi connectivity index (χ0n) is 16.4. The summed E-state index contributed by atoms with van der Waals surface area (Å²) < 4.78 is 0. The van der Waals surface area contributed by atoms with Crippen molar-refractivity contribution in [1.82, 2.24) is 9.97 Å². The van der Waals surface area contributed by atoms with Crippen molar-refractivity contribution in [2.45, 2.75) is 39.7 Å². The molecule has 1 amide bonds. The first-order valence-corrected chi connectivity index (χ1v) is 9.77. The smallest absolute Gasteiger partial charge is 0.227 e. The van der Waals surface area contributed by atoms with Gasteiger partial charge in [-0.2, -0.15) is 0 Å². The highest BCUT2D eigenvalue weighted by Gasteiger charge is 2.25. The van der Waals surface area contributed by atoms with Crippen molar-refractivity contribution < 1.29 is 4.79 Å². The molecule has 0 unspecified atom stereocenters. The van der Waals surface area contributed by atoms with Crippen molar-refractivity contribution in [2.24, 2.45) is 5.92 Å². The first kappa shape index (κ1) is 19.1. The fourth-order valence-electron chi connectivity index (χ4n) is 3.65. The molecular weight excluding hydrogens is 338 g/mol. The predicted octanol–water partition coefficient (Wildman–Crippen LogP) is 3.57. The molecule has 1 aliphatic rings. The Morgan fingerprint density at radius 1 is 1.22 bits per heavy atom. The summed E-state index contributed by atoms with van der Waals surface area (Å²) in [5.74, 6) is 1.04. The van der Waals surface area contributed by atoms with Crippen LogP contribution in [0.1, 0.15) is 33.6 Å². The lowest BCUT2D eigenvalue weighted by atomic mass is 9.96. The van der Waals surface area contributed by atoms with Gasteiger partial charge in [-0.1, -0.05) is 0 Å². The summed E-state index contributed by atoms with van der Waals surface area (Å²) in [5.41, 5.74) is 2.04. The Balaban J connectivity index is 1.54. The van der Waals surface area contributed by atoms with Gasteiger partial charge in [0.05, 0.1) is 6.20 Å². The van der Waals surface area contributed by atoms with Crippen molar-refractivity contribution in [3.63, 3.8) is 0 Å². The maximum absolute atomic E-state index is 12.6. The minimum absolute atomic E-state index is 0.0420. The molecule has 1 fully saturated rings. The van der Waals surface area contributed by atoms with Crippen LogP contribution in [0, 0.1) is 5.92 Å². The highest BCUT2D eigenvalue weighted by molar-refractivity contribution is 5.92. The first-order chi connectivity index (χ1) is 13.1. The number of rotatable bonds is 6. The molecule has 144 valence electrons. The van der Waals surface area contributed by atoms with Gasteiger partial charge in [-0.05, 0) is 57.9 Å². The molecule has 0 radical (unpaired) electrons. The van der Waals surface area contributed by atoms with E-state index < -0.39 is 0 Å². The van der Waals surface area contributed by atoms with E-state index in [-0.39, 0.29) is 11.8 Å². The molecule has 2 heterocycles. The maximum Gasteiger partial charge on any atom is 0.227 e. The standard InChI is InChI=1S/C21H29N5O/c1-4-26(16(2)3)19-7-5-18(6-8-19)24-21(27)17-9-13-25(14-10-17)20-15-22-11-12-23-20/h5-8,11-12,15-17H,4,9-10,13-14H2,1-3H3,(H,24,27). The number of hydrogen-bond acceptors (Lipinski definition) is 5. The number of anilines is 3. The van der Waals surface area contributed by atoms with Gasteiger partial charge >= 0.3 is 0 Å². The van der Waals surface area contributed by atoms with Crippen LogP contribution in [0.3, 0.4) is 0 Å². The van der Waals surface area contributed by atoms with E-state index in [0.717, 1.165) is 44.0 Å². The minimum Gasteiger partial charge on any atom is -0.369 e. The maximum atomic E-state index is 12.6. The molecule has 0 bridgehead atoms. The molecule has 0 atom stereocenters. The fraction of sp³-hybridized carbons (Fsp3) is 0.476. The zero-order chi connectivity index (χ0) is 19.2. The Morgan fingerprint density at radius 2 is 1.93 bits per heavy atom. The second kappa shape index (κ2) is 8.84. The van der Waals surface area contributed by atoms with Crippen LogP contribution >= 0.6 is 0 Å². The summed E-state index contributed by atoms with van der Waals surface area (Å²) in [6, 6.07) is 8.60. The molecule has 0 aliphatic carbocycles. The first-order valence-electron chi connectivity index (χ1n) is 9.77. The summed E-state index contributed by atoms with van der Waals surface area (Å²) in [6.07, 6.45) is 6.82. The number of nitrogens with one attached hydrogen (secondary N) is 1. The fourth-order valence-corrected chi connectivity index (χ4v) is 3.65. The average Bonchev–Trinajstić information content (AvgIpc) is 2.70. The second-order valence-corrected chi connectivity index (χ2v) is 7.24. The number of nitrogens with zero attached hydrogens (tertiary/aromatic N) is 4. The molecule has 1 N–H and O–H groups in total. The Labute approximate surface area is 161 Å². The molecule has 2 aromatic rings. The molecule has 27 heavy (non-hydrogen) atoms. The molecule has 1 aromatic carbocycles. The molecule has 6 nitrogen and oxygen atoms in total. The molecule has 6 heteroatoms. The summed E-state index contributed by atoms with van der Waals surface area (Å²) in [5, 5.41) is 3.08. The van der Waals surface area contributed by atoms with Crippen molar-refractivity contribution >= 4 is 23.1 Å². The van der Waals surface area contributed by atoms with Gasteiger partial charge in [0.15, 0.2) is 0 Å². The van der Waals surface area contributed by atoms with E-state index in [0.29, 0.717) is 6.04 Å². The van der Waals surface area contributed by atoms with Crippen LogP contribution in [0.2, 0.25) is 0 Å². The van der Waals surface area contributed by atoms with Gasteiger partial charge in [-0.3, -0.25) is 9.78 Å². The number of aromatic nitrogens is 2. The number of amides is 1. The molecule has 3 rings (SSSR count). The number of hydrogen-bond donors (Lipinski definition) is 1.